The maximum Gasteiger partial charge on any atom is 0.219 e. The van der Waals surface area contributed by atoms with Gasteiger partial charge in [-0.2, -0.15) is 0 Å². The molecule has 2 rings (SSSR count). The number of pyridine rings is 1. The Morgan fingerprint density at radius 3 is 2.29 bits per heavy atom. The molecular formula is C16H24FN3O. The largest absolute Gasteiger partial charge is 0.436 e. The number of rotatable bonds is 3. The number of halogens is 1. The van der Waals surface area contributed by atoms with Gasteiger partial charge in [0.05, 0.1) is 11.9 Å². The number of hydrazine groups is 1. The van der Waals surface area contributed by atoms with Crippen molar-refractivity contribution in [3.63, 3.8) is 0 Å². The number of benzene rings is 1. The molecule has 0 aliphatic heterocycles. The minimum atomic E-state index is -0.423. The van der Waals surface area contributed by atoms with Gasteiger partial charge in [-0.3, -0.25) is 5.84 Å². The van der Waals surface area contributed by atoms with Gasteiger partial charge in [0.15, 0.2) is 11.6 Å². The second kappa shape index (κ2) is 10.6. The van der Waals surface area contributed by atoms with Gasteiger partial charge in [-0.1, -0.05) is 39.8 Å². The molecule has 4 nitrogen and oxygen atoms in total. The molecule has 0 aliphatic carbocycles. The molecule has 0 saturated carbocycles. The zero-order chi connectivity index (χ0) is 16.3. The average Bonchev–Trinajstić information content (AvgIpc) is 2.54. The number of hydrogen-bond acceptors (Lipinski definition) is 4. The monoisotopic (exact) mass is 293 g/mol. The van der Waals surface area contributed by atoms with E-state index >= 15 is 0 Å². The minimum Gasteiger partial charge on any atom is -0.436 e. The van der Waals surface area contributed by atoms with E-state index in [0.717, 1.165) is 5.56 Å². The molecule has 21 heavy (non-hydrogen) atoms. The highest BCUT2D eigenvalue weighted by atomic mass is 19.1. The van der Waals surface area contributed by atoms with Gasteiger partial charge >= 0.3 is 0 Å². The Hall–Kier alpha value is -2.14. The fraction of sp³-hybridized carbons (Fsp3) is 0.312. The van der Waals surface area contributed by atoms with E-state index < -0.39 is 5.82 Å². The first kappa shape index (κ1) is 18.9. The van der Waals surface area contributed by atoms with Crippen molar-refractivity contribution in [3.8, 4) is 11.6 Å². The van der Waals surface area contributed by atoms with Gasteiger partial charge in [0, 0.05) is 6.07 Å². The second-order valence-corrected chi connectivity index (χ2v) is 3.51. The summed E-state index contributed by atoms with van der Waals surface area (Å²) < 4.78 is 18.7. The van der Waals surface area contributed by atoms with Crippen LogP contribution in [0.3, 0.4) is 0 Å². The molecule has 0 spiro atoms. The first-order valence-electron chi connectivity index (χ1n) is 7.06. The fourth-order valence-corrected chi connectivity index (χ4v) is 1.38. The van der Waals surface area contributed by atoms with Gasteiger partial charge in [-0.05, 0) is 24.6 Å². The summed E-state index contributed by atoms with van der Waals surface area (Å²) >= 11 is 0. The fourth-order valence-electron chi connectivity index (χ4n) is 1.38. The third kappa shape index (κ3) is 5.79. The zero-order valence-corrected chi connectivity index (χ0v) is 13.3. The van der Waals surface area contributed by atoms with E-state index in [9.17, 15) is 4.39 Å². The molecule has 2 aromatic rings. The molecule has 3 N–H and O–H groups in total. The molecule has 0 atom stereocenters. The second-order valence-electron chi connectivity index (χ2n) is 3.51. The van der Waals surface area contributed by atoms with Gasteiger partial charge in [0.1, 0.15) is 0 Å². The Morgan fingerprint density at radius 1 is 1.14 bits per heavy atom. The first-order chi connectivity index (χ1) is 10.2. The molecule has 5 heteroatoms. The van der Waals surface area contributed by atoms with Crippen LogP contribution < -0.4 is 16.0 Å². The molecule has 0 bridgehead atoms. The van der Waals surface area contributed by atoms with Crippen LogP contribution in [-0.4, -0.2) is 4.98 Å². The SMILES string of the molecule is CC.CC.Cc1cc(Oc2ccccc2F)ncc1NN. The lowest BCUT2D eigenvalue weighted by Crippen LogP contribution is -2.08. The van der Waals surface area contributed by atoms with Crippen molar-refractivity contribution < 1.29 is 9.13 Å². The molecule has 1 aromatic heterocycles. The van der Waals surface area contributed by atoms with Crippen molar-refractivity contribution in [2.75, 3.05) is 5.43 Å². The van der Waals surface area contributed by atoms with Crippen molar-refractivity contribution in [2.24, 2.45) is 5.84 Å². The lowest BCUT2D eigenvalue weighted by Gasteiger charge is -2.08. The number of hydrogen-bond donors (Lipinski definition) is 2. The summed E-state index contributed by atoms with van der Waals surface area (Å²) in [6.45, 7) is 9.85. The quantitative estimate of drug-likeness (QED) is 0.638. The van der Waals surface area contributed by atoms with E-state index in [-0.39, 0.29) is 5.75 Å². The van der Waals surface area contributed by atoms with Crippen molar-refractivity contribution in [3.05, 3.63) is 47.9 Å². The molecule has 1 heterocycles. The Kier molecular flexibility index (Phi) is 9.54. The number of nitrogen functional groups attached to an aromatic ring is 1. The molecule has 0 unspecified atom stereocenters. The maximum absolute atomic E-state index is 13.3. The van der Waals surface area contributed by atoms with Crippen LogP contribution in [0.2, 0.25) is 0 Å². The van der Waals surface area contributed by atoms with Crippen LogP contribution in [0.15, 0.2) is 36.5 Å². The third-order valence-corrected chi connectivity index (χ3v) is 2.29. The summed E-state index contributed by atoms with van der Waals surface area (Å²) in [6, 6.07) is 7.85. The van der Waals surface area contributed by atoms with Crippen LogP contribution in [0.4, 0.5) is 10.1 Å². The van der Waals surface area contributed by atoms with Gasteiger partial charge in [0.2, 0.25) is 5.88 Å². The Balaban J connectivity index is 0.000000921. The third-order valence-electron chi connectivity index (χ3n) is 2.29. The van der Waals surface area contributed by atoms with E-state index in [2.05, 4.69) is 10.4 Å². The van der Waals surface area contributed by atoms with E-state index in [0.29, 0.717) is 11.6 Å². The maximum atomic E-state index is 13.3. The highest BCUT2D eigenvalue weighted by molar-refractivity contribution is 5.49. The molecule has 1 aromatic carbocycles. The number of nitrogens with zero attached hydrogens (tertiary/aromatic N) is 1. The first-order valence-corrected chi connectivity index (χ1v) is 7.06. The predicted molar refractivity (Wildman–Crippen MR) is 86.0 cm³/mol. The van der Waals surface area contributed by atoms with Crippen molar-refractivity contribution in [2.45, 2.75) is 34.6 Å². The molecule has 0 radical (unpaired) electrons. The summed E-state index contributed by atoms with van der Waals surface area (Å²) in [6.07, 6.45) is 1.53. The lowest BCUT2D eigenvalue weighted by molar-refractivity contribution is 0.427. The molecule has 0 fully saturated rings. The van der Waals surface area contributed by atoms with Crippen LogP contribution >= 0.6 is 0 Å². The standard InChI is InChI=1S/C12H12FN3O.2C2H6/c1-8-6-12(15-7-10(8)16-14)17-11-5-3-2-4-9(11)13;2*1-2/h2-7,16H,14H2,1H3;2*1-2H3. The van der Waals surface area contributed by atoms with Crippen LogP contribution in [0, 0.1) is 12.7 Å². The molecule has 0 saturated heterocycles. The summed E-state index contributed by atoms with van der Waals surface area (Å²) in [5.74, 6) is 5.34. The Labute approximate surface area is 126 Å². The zero-order valence-electron chi connectivity index (χ0n) is 13.3. The molecular weight excluding hydrogens is 269 g/mol. The minimum absolute atomic E-state index is 0.146. The van der Waals surface area contributed by atoms with Crippen LogP contribution in [0.1, 0.15) is 33.3 Å². The van der Waals surface area contributed by atoms with E-state index in [1.54, 1.807) is 24.3 Å². The van der Waals surface area contributed by atoms with Crippen LogP contribution in [0.25, 0.3) is 0 Å². The number of aromatic nitrogens is 1. The number of para-hydroxylation sites is 1. The number of anilines is 1. The van der Waals surface area contributed by atoms with E-state index in [1.807, 2.05) is 34.6 Å². The summed E-state index contributed by atoms with van der Waals surface area (Å²) in [4.78, 5) is 4.02. The summed E-state index contributed by atoms with van der Waals surface area (Å²) in [5, 5.41) is 0. The number of nitrogens with two attached hydrogens (primary N) is 1. The van der Waals surface area contributed by atoms with E-state index in [4.69, 9.17) is 10.6 Å². The molecule has 116 valence electrons. The van der Waals surface area contributed by atoms with Crippen LogP contribution in [0.5, 0.6) is 11.6 Å². The summed E-state index contributed by atoms with van der Waals surface area (Å²) in [7, 11) is 0. The molecule has 0 aliphatic rings. The van der Waals surface area contributed by atoms with Crippen molar-refractivity contribution >= 4 is 5.69 Å². The highest BCUT2D eigenvalue weighted by Crippen LogP contribution is 2.24. The normalized spacial score (nSPS) is 8.71. The van der Waals surface area contributed by atoms with E-state index in [1.165, 1.54) is 12.3 Å². The topological polar surface area (TPSA) is 60.2 Å². The van der Waals surface area contributed by atoms with Gasteiger partial charge in [0.25, 0.3) is 0 Å². The number of aryl methyl sites for hydroxylation is 1. The van der Waals surface area contributed by atoms with Gasteiger partial charge < -0.3 is 10.2 Å². The smallest absolute Gasteiger partial charge is 0.219 e. The van der Waals surface area contributed by atoms with Crippen molar-refractivity contribution in [1.29, 1.82) is 0 Å². The predicted octanol–water partition coefficient (Wildman–Crippen LogP) is 4.66. The Bertz CT molecular complexity index is 533. The highest BCUT2D eigenvalue weighted by Gasteiger charge is 2.06. The Morgan fingerprint density at radius 2 is 1.76 bits per heavy atom. The van der Waals surface area contributed by atoms with Crippen molar-refractivity contribution in [1.82, 2.24) is 4.98 Å². The number of nitrogens with one attached hydrogen (secondary N) is 1. The number of ether oxygens (including phenoxy) is 1. The molecule has 0 amide bonds. The van der Waals surface area contributed by atoms with Crippen LogP contribution in [-0.2, 0) is 0 Å². The van der Waals surface area contributed by atoms with Gasteiger partial charge in [-0.25, -0.2) is 9.37 Å². The summed E-state index contributed by atoms with van der Waals surface area (Å²) in [5.41, 5.74) is 4.07. The van der Waals surface area contributed by atoms with Gasteiger partial charge in [-0.15, -0.1) is 0 Å². The average molecular weight is 293 g/mol. The lowest BCUT2D eigenvalue weighted by atomic mass is 10.2.